The molecule has 0 bridgehead atoms. The molecule has 0 saturated carbocycles. The Morgan fingerprint density at radius 3 is 1.45 bits per heavy atom. The van der Waals surface area contributed by atoms with Crippen molar-refractivity contribution in [2.75, 3.05) is 19.3 Å². The van der Waals surface area contributed by atoms with Crippen molar-refractivity contribution in [3.63, 3.8) is 0 Å². The first kappa shape index (κ1) is 14.4. The molecule has 3 heteroatoms. The Morgan fingerprint density at radius 2 is 1.36 bits per heavy atom. The van der Waals surface area contributed by atoms with Gasteiger partial charge in [-0.3, -0.25) is 0 Å². The zero-order valence-corrected chi connectivity index (χ0v) is 11.8. The van der Waals surface area contributed by atoms with Gasteiger partial charge in [-0.2, -0.15) is 0 Å². The van der Waals surface area contributed by atoms with E-state index in [0.717, 1.165) is 0 Å². The highest BCUT2D eigenvalue weighted by atomic mass is 127. The van der Waals surface area contributed by atoms with Crippen LogP contribution >= 0.6 is 24.0 Å². The van der Waals surface area contributed by atoms with E-state index in [9.17, 15) is 0 Å². The predicted molar refractivity (Wildman–Crippen MR) is 66.5 cm³/mol. The molecule has 0 aliphatic heterocycles. The van der Waals surface area contributed by atoms with E-state index in [1.807, 2.05) is 0 Å². The third-order valence-electron chi connectivity index (χ3n) is 1.59. The molecule has 0 aromatic carbocycles. The maximum absolute atomic E-state index is 2.52. The van der Waals surface area contributed by atoms with Gasteiger partial charge in [-0.25, -0.2) is 0 Å². The third-order valence-corrected chi connectivity index (χ3v) is 2.99. The van der Waals surface area contributed by atoms with E-state index in [1.54, 1.807) is 0 Å². The van der Waals surface area contributed by atoms with Crippen LogP contribution in [0.15, 0.2) is 0 Å². The molecule has 70 valence electrons. The van der Waals surface area contributed by atoms with E-state index in [1.165, 1.54) is 19.3 Å². The molecule has 0 unspecified atom stereocenters. The minimum atomic E-state index is -0.836. The quantitative estimate of drug-likeness (QED) is 0.568. The molecule has 0 radical (unpaired) electrons. The zero-order chi connectivity index (χ0) is 8.20. The first-order valence-electron chi connectivity index (χ1n) is 4.22. The Kier molecular flexibility index (Phi) is 8.43. The Balaban J connectivity index is 0. The molecule has 0 aromatic heterocycles. The van der Waals surface area contributed by atoms with Crippen LogP contribution in [0.2, 0.25) is 19.6 Å². The van der Waals surface area contributed by atoms with Gasteiger partial charge in [0.2, 0.25) is 0 Å². The molecule has 0 saturated heterocycles. The largest absolute Gasteiger partial charge is 0.307 e. The van der Waals surface area contributed by atoms with E-state index in [2.05, 4.69) is 38.4 Å². The van der Waals surface area contributed by atoms with E-state index in [0.29, 0.717) is 0 Å². The van der Waals surface area contributed by atoms with Gasteiger partial charge in [-0.05, 0) is 19.3 Å². The molecular formula is C8H22INSi. The van der Waals surface area contributed by atoms with Crippen molar-refractivity contribution in [2.24, 2.45) is 0 Å². The van der Waals surface area contributed by atoms with E-state index in [4.69, 9.17) is 0 Å². The summed E-state index contributed by atoms with van der Waals surface area (Å²) in [4.78, 5) is 2.52. The van der Waals surface area contributed by atoms with Gasteiger partial charge in [0.05, 0.1) is 8.07 Å². The molecular weight excluding hydrogens is 265 g/mol. The molecule has 0 rings (SSSR count). The zero-order valence-electron chi connectivity index (χ0n) is 8.48. The van der Waals surface area contributed by atoms with Crippen LogP contribution in [0.25, 0.3) is 0 Å². The summed E-state index contributed by atoms with van der Waals surface area (Å²) < 4.78 is 0. The summed E-state index contributed by atoms with van der Waals surface area (Å²) in [6.07, 6.45) is 1.35. The molecule has 0 N–H and O–H groups in total. The second-order valence-corrected chi connectivity index (χ2v) is 9.46. The molecule has 0 aromatic rings. The van der Waals surface area contributed by atoms with Gasteiger partial charge in [0, 0.05) is 0 Å². The monoisotopic (exact) mass is 287 g/mol. The first-order chi connectivity index (χ1) is 4.49. The van der Waals surface area contributed by atoms with Crippen LogP contribution < -0.4 is 0 Å². The van der Waals surface area contributed by atoms with Crippen LogP contribution in [0.1, 0.15) is 13.8 Å². The standard InChI is InChI=1S/C8H21NSi.HI/c1-6-9(7-2)8-10(3,4)5;/h6-8H2,1-5H3;1H. The van der Waals surface area contributed by atoms with Crippen LogP contribution in [-0.2, 0) is 0 Å². The number of nitrogens with zero attached hydrogens (tertiary/aromatic N) is 1. The predicted octanol–water partition coefficient (Wildman–Crippen LogP) is 2.82. The van der Waals surface area contributed by atoms with Gasteiger partial charge in [-0.15, -0.1) is 24.0 Å². The molecule has 0 atom stereocenters. The molecule has 0 aliphatic rings. The molecule has 0 fully saturated rings. The summed E-state index contributed by atoms with van der Waals surface area (Å²) in [6, 6.07) is 0. The highest BCUT2D eigenvalue weighted by Gasteiger charge is 2.15. The molecule has 1 nitrogen and oxygen atoms in total. The topological polar surface area (TPSA) is 3.24 Å². The fourth-order valence-corrected chi connectivity index (χ4v) is 2.91. The van der Waals surface area contributed by atoms with Gasteiger partial charge in [0.1, 0.15) is 0 Å². The third kappa shape index (κ3) is 8.82. The van der Waals surface area contributed by atoms with E-state index in [-0.39, 0.29) is 24.0 Å². The van der Waals surface area contributed by atoms with Crippen LogP contribution in [0.3, 0.4) is 0 Å². The lowest BCUT2D eigenvalue weighted by atomic mass is 10.6. The van der Waals surface area contributed by atoms with Crippen LogP contribution in [0.4, 0.5) is 0 Å². The summed E-state index contributed by atoms with van der Waals surface area (Å²) in [5, 5.41) is 0. The van der Waals surface area contributed by atoms with Crippen LogP contribution in [0, 0.1) is 0 Å². The van der Waals surface area contributed by atoms with Crippen molar-refractivity contribution in [3.05, 3.63) is 0 Å². The van der Waals surface area contributed by atoms with Gasteiger partial charge < -0.3 is 4.90 Å². The molecule has 11 heavy (non-hydrogen) atoms. The fraction of sp³-hybridized carbons (Fsp3) is 1.00. The average molecular weight is 287 g/mol. The molecule has 0 aliphatic carbocycles. The first-order valence-corrected chi connectivity index (χ1v) is 7.92. The smallest absolute Gasteiger partial charge is 0.0599 e. The fourth-order valence-electron chi connectivity index (χ4n) is 1.12. The lowest BCUT2D eigenvalue weighted by molar-refractivity contribution is 0.348. The number of hydrogen-bond donors (Lipinski definition) is 0. The highest BCUT2D eigenvalue weighted by Crippen LogP contribution is 2.02. The van der Waals surface area contributed by atoms with Crippen LogP contribution in [-0.4, -0.2) is 32.2 Å². The van der Waals surface area contributed by atoms with Crippen molar-refractivity contribution in [1.29, 1.82) is 0 Å². The normalized spacial score (nSPS) is 11.5. The molecule has 0 spiro atoms. The van der Waals surface area contributed by atoms with E-state index >= 15 is 0 Å². The van der Waals surface area contributed by atoms with Crippen LogP contribution in [0.5, 0.6) is 0 Å². The van der Waals surface area contributed by atoms with Gasteiger partial charge in [-0.1, -0.05) is 33.5 Å². The second kappa shape index (κ2) is 6.43. The summed E-state index contributed by atoms with van der Waals surface area (Å²) in [5.41, 5.74) is 0. The minimum Gasteiger partial charge on any atom is -0.307 e. The van der Waals surface area contributed by atoms with Gasteiger partial charge in [0.15, 0.2) is 0 Å². The lowest BCUT2D eigenvalue weighted by Crippen LogP contribution is -2.39. The average Bonchev–Trinajstić information content (AvgIpc) is 1.81. The van der Waals surface area contributed by atoms with Crippen molar-refractivity contribution >= 4 is 32.1 Å². The van der Waals surface area contributed by atoms with Crippen molar-refractivity contribution in [3.8, 4) is 0 Å². The summed E-state index contributed by atoms with van der Waals surface area (Å²) >= 11 is 0. The highest BCUT2D eigenvalue weighted by molar-refractivity contribution is 14.0. The number of halogens is 1. The second-order valence-electron chi connectivity index (χ2n) is 4.02. The SMILES string of the molecule is CCN(CC)C[Si](C)(C)C.I. The lowest BCUT2D eigenvalue weighted by Gasteiger charge is -2.26. The van der Waals surface area contributed by atoms with Gasteiger partial charge in [0.25, 0.3) is 0 Å². The summed E-state index contributed by atoms with van der Waals surface area (Å²) in [5.74, 6) is 0. The maximum atomic E-state index is 2.52. The number of hydrogen-bond acceptors (Lipinski definition) is 1. The summed E-state index contributed by atoms with van der Waals surface area (Å²) in [7, 11) is -0.836. The Hall–Kier alpha value is 0.907. The Labute approximate surface area is 89.6 Å². The van der Waals surface area contributed by atoms with Crippen molar-refractivity contribution < 1.29 is 0 Å². The van der Waals surface area contributed by atoms with E-state index < -0.39 is 8.07 Å². The Bertz CT molecular complexity index is 86.6. The number of rotatable bonds is 4. The summed E-state index contributed by atoms with van der Waals surface area (Å²) in [6.45, 7) is 14.2. The van der Waals surface area contributed by atoms with Gasteiger partial charge >= 0.3 is 0 Å². The van der Waals surface area contributed by atoms with Crippen molar-refractivity contribution in [1.82, 2.24) is 4.90 Å². The van der Waals surface area contributed by atoms with Crippen molar-refractivity contribution in [2.45, 2.75) is 33.5 Å². The molecule has 0 heterocycles. The molecule has 0 amide bonds. The maximum Gasteiger partial charge on any atom is 0.0599 e. The minimum absolute atomic E-state index is 0. The Morgan fingerprint density at radius 1 is 1.00 bits per heavy atom.